The number of fused-ring (bicyclic) bond motifs is 1. The van der Waals surface area contributed by atoms with E-state index in [2.05, 4.69) is 4.72 Å². The van der Waals surface area contributed by atoms with Crippen LogP contribution in [-0.4, -0.2) is 28.8 Å². The number of thioether (sulfide) groups is 1. The van der Waals surface area contributed by atoms with Gasteiger partial charge in [-0.2, -0.15) is 0 Å². The second-order valence-electron chi connectivity index (χ2n) is 5.71. The zero-order chi connectivity index (χ0) is 18.2. The average molecular weight is 418 g/mol. The van der Waals surface area contributed by atoms with Gasteiger partial charge in [0, 0.05) is 22.2 Å². The number of rotatable bonds is 4. The van der Waals surface area contributed by atoms with Crippen LogP contribution in [-0.2, 0) is 19.9 Å². The SMILES string of the molecule is CS(=O)(=O)c1ccccc1S(=O)(=O)N[C@@H]1CCSc2ccc(Cl)cc21. The second-order valence-corrected chi connectivity index (χ2v) is 11.0. The molecule has 0 bridgehead atoms. The lowest BCUT2D eigenvalue weighted by atomic mass is 10.1. The first-order valence-corrected chi connectivity index (χ1v) is 12.2. The average Bonchev–Trinajstić information content (AvgIpc) is 2.54. The van der Waals surface area contributed by atoms with Gasteiger partial charge in [-0.15, -0.1) is 11.8 Å². The van der Waals surface area contributed by atoms with E-state index in [1.54, 1.807) is 23.9 Å². The summed E-state index contributed by atoms with van der Waals surface area (Å²) in [5.41, 5.74) is 0.809. The summed E-state index contributed by atoms with van der Waals surface area (Å²) in [4.78, 5) is 0.526. The van der Waals surface area contributed by atoms with Gasteiger partial charge >= 0.3 is 0 Å². The molecule has 3 rings (SSSR count). The molecule has 2 aromatic rings. The van der Waals surface area contributed by atoms with Crippen molar-refractivity contribution in [3.63, 3.8) is 0 Å². The molecule has 134 valence electrons. The Morgan fingerprint density at radius 3 is 2.44 bits per heavy atom. The molecule has 25 heavy (non-hydrogen) atoms. The molecule has 9 heteroatoms. The minimum absolute atomic E-state index is 0.209. The summed E-state index contributed by atoms with van der Waals surface area (Å²) in [6.07, 6.45) is 1.59. The number of sulfone groups is 1. The molecule has 0 spiro atoms. The third-order valence-corrected chi connectivity index (χ3v) is 8.02. The monoisotopic (exact) mass is 417 g/mol. The highest BCUT2D eigenvalue weighted by Gasteiger charge is 2.29. The molecular weight excluding hydrogens is 402 g/mol. The number of benzene rings is 2. The standard InChI is InChI=1S/C16H16ClNO4S3/c1-24(19,20)15-4-2-3-5-16(15)25(21,22)18-13-8-9-23-14-7-6-11(17)10-12(13)14/h2-7,10,13,18H,8-9H2,1H3/t13-/m1/s1. The molecule has 0 aliphatic carbocycles. The van der Waals surface area contributed by atoms with E-state index in [9.17, 15) is 16.8 Å². The van der Waals surface area contributed by atoms with Gasteiger partial charge in [0.15, 0.2) is 9.84 Å². The third kappa shape index (κ3) is 4.03. The number of sulfonamides is 1. The lowest BCUT2D eigenvalue weighted by molar-refractivity contribution is 0.542. The van der Waals surface area contributed by atoms with E-state index in [-0.39, 0.29) is 9.79 Å². The van der Waals surface area contributed by atoms with Gasteiger partial charge in [-0.05, 0) is 48.1 Å². The largest absolute Gasteiger partial charge is 0.242 e. The molecule has 0 saturated carbocycles. The lowest BCUT2D eigenvalue weighted by Gasteiger charge is -2.26. The van der Waals surface area contributed by atoms with Crippen molar-refractivity contribution in [3.8, 4) is 0 Å². The highest BCUT2D eigenvalue weighted by molar-refractivity contribution is 7.99. The predicted octanol–water partition coefficient (Wildman–Crippen LogP) is 3.26. The van der Waals surface area contributed by atoms with Crippen LogP contribution in [0.15, 0.2) is 57.2 Å². The van der Waals surface area contributed by atoms with Crippen LogP contribution in [0.4, 0.5) is 0 Å². The van der Waals surface area contributed by atoms with E-state index < -0.39 is 25.9 Å². The molecular formula is C16H16ClNO4S3. The second kappa shape index (κ2) is 6.92. The van der Waals surface area contributed by atoms with E-state index in [0.717, 1.165) is 22.5 Å². The summed E-state index contributed by atoms with van der Waals surface area (Å²) >= 11 is 7.69. The predicted molar refractivity (Wildman–Crippen MR) is 99.4 cm³/mol. The summed E-state index contributed by atoms with van der Waals surface area (Å²) in [6, 6.07) is 10.5. The van der Waals surface area contributed by atoms with Crippen molar-refractivity contribution in [1.82, 2.24) is 4.72 Å². The molecule has 1 aliphatic rings. The van der Waals surface area contributed by atoms with Crippen molar-refractivity contribution in [1.29, 1.82) is 0 Å². The molecule has 1 atom stereocenters. The van der Waals surface area contributed by atoms with Crippen LogP contribution in [0.3, 0.4) is 0 Å². The van der Waals surface area contributed by atoms with E-state index in [1.165, 1.54) is 24.3 Å². The zero-order valence-corrected chi connectivity index (χ0v) is 16.5. The van der Waals surface area contributed by atoms with E-state index in [1.807, 2.05) is 6.07 Å². The van der Waals surface area contributed by atoms with Gasteiger partial charge in [0.1, 0.15) is 4.90 Å². The normalized spacial score (nSPS) is 17.9. The lowest BCUT2D eigenvalue weighted by Crippen LogP contribution is -2.31. The van der Waals surface area contributed by atoms with Crippen molar-refractivity contribution < 1.29 is 16.8 Å². The third-order valence-electron chi connectivity index (χ3n) is 3.85. The molecule has 1 N–H and O–H groups in total. The molecule has 1 aliphatic heterocycles. The van der Waals surface area contributed by atoms with E-state index >= 15 is 0 Å². The number of hydrogen-bond donors (Lipinski definition) is 1. The Balaban J connectivity index is 2.02. The molecule has 0 radical (unpaired) electrons. The molecule has 1 heterocycles. The van der Waals surface area contributed by atoms with Crippen LogP contribution in [0, 0.1) is 0 Å². The summed E-state index contributed by atoms with van der Waals surface area (Å²) in [5, 5.41) is 0.530. The van der Waals surface area contributed by atoms with Crippen molar-refractivity contribution in [3.05, 3.63) is 53.1 Å². The molecule has 0 amide bonds. The number of hydrogen-bond acceptors (Lipinski definition) is 5. The van der Waals surface area contributed by atoms with Crippen molar-refractivity contribution in [2.24, 2.45) is 0 Å². The first-order chi connectivity index (χ1) is 11.7. The molecule has 0 fully saturated rings. The number of halogens is 1. The van der Waals surface area contributed by atoms with Crippen molar-refractivity contribution in [2.75, 3.05) is 12.0 Å². The zero-order valence-electron chi connectivity index (χ0n) is 13.3. The minimum Gasteiger partial charge on any atom is -0.224 e. The van der Waals surface area contributed by atoms with Gasteiger partial charge in [-0.3, -0.25) is 0 Å². The van der Waals surface area contributed by atoms with Crippen molar-refractivity contribution in [2.45, 2.75) is 27.1 Å². The topological polar surface area (TPSA) is 80.3 Å². The van der Waals surface area contributed by atoms with Gasteiger partial charge in [-0.1, -0.05) is 23.7 Å². The summed E-state index contributed by atoms with van der Waals surface area (Å²) in [6.45, 7) is 0. The Labute approximate surface area is 156 Å². The first kappa shape index (κ1) is 18.7. The van der Waals surface area contributed by atoms with Crippen LogP contribution in [0.25, 0.3) is 0 Å². The summed E-state index contributed by atoms with van der Waals surface area (Å²) in [5.74, 6) is 0.759. The fourth-order valence-corrected chi connectivity index (χ4v) is 6.88. The Kier molecular flexibility index (Phi) is 5.18. The van der Waals surface area contributed by atoms with Crippen LogP contribution in [0.5, 0.6) is 0 Å². The Morgan fingerprint density at radius 2 is 1.76 bits per heavy atom. The number of nitrogens with one attached hydrogen (secondary N) is 1. The summed E-state index contributed by atoms with van der Waals surface area (Å²) in [7, 11) is -7.68. The van der Waals surface area contributed by atoms with Gasteiger partial charge in [-0.25, -0.2) is 21.6 Å². The Bertz CT molecular complexity index is 1020. The van der Waals surface area contributed by atoms with E-state index in [0.29, 0.717) is 11.4 Å². The molecule has 0 aromatic heterocycles. The van der Waals surface area contributed by atoms with E-state index in [4.69, 9.17) is 11.6 Å². The molecule has 2 aromatic carbocycles. The quantitative estimate of drug-likeness (QED) is 0.825. The maximum absolute atomic E-state index is 12.8. The van der Waals surface area contributed by atoms with Gasteiger partial charge in [0.2, 0.25) is 10.0 Å². The fraction of sp³-hybridized carbons (Fsp3) is 0.250. The maximum Gasteiger partial charge on any atom is 0.242 e. The maximum atomic E-state index is 12.8. The molecule has 5 nitrogen and oxygen atoms in total. The van der Waals surface area contributed by atoms with Gasteiger partial charge < -0.3 is 0 Å². The summed E-state index contributed by atoms with van der Waals surface area (Å²) < 4.78 is 52.2. The fourth-order valence-electron chi connectivity index (χ4n) is 2.72. The first-order valence-electron chi connectivity index (χ1n) is 7.42. The Hall–Kier alpha value is -1.06. The van der Waals surface area contributed by atoms with Crippen LogP contribution >= 0.6 is 23.4 Å². The van der Waals surface area contributed by atoms with Crippen LogP contribution < -0.4 is 4.72 Å². The van der Waals surface area contributed by atoms with Gasteiger partial charge in [0.05, 0.1) is 4.90 Å². The van der Waals surface area contributed by atoms with Crippen LogP contribution in [0.2, 0.25) is 5.02 Å². The highest BCUT2D eigenvalue weighted by Crippen LogP contribution is 2.38. The van der Waals surface area contributed by atoms with Crippen molar-refractivity contribution >= 4 is 43.2 Å². The van der Waals surface area contributed by atoms with Gasteiger partial charge in [0.25, 0.3) is 0 Å². The molecule has 0 unspecified atom stereocenters. The molecule has 0 saturated heterocycles. The smallest absolute Gasteiger partial charge is 0.224 e. The van der Waals surface area contributed by atoms with Crippen LogP contribution in [0.1, 0.15) is 18.0 Å². The Morgan fingerprint density at radius 1 is 1.08 bits per heavy atom. The highest BCUT2D eigenvalue weighted by atomic mass is 35.5. The minimum atomic E-state index is -4.01.